The number of aryl methyl sites for hydroxylation is 2. The molecule has 0 atom stereocenters. The molecule has 0 radical (unpaired) electrons. The van der Waals surface area contributed by atoms with Crippen LogP contribution in [0.25, 0.3) is 0 Å². The van der Waals surface area contributed by atoms with Crippen LogP contribution in [0.5, 0.6) is 0 Å². The van der Waals surface area contributed by atoms with Crippen molar-refractivity contribution in [2.45, 2.75) is 20.5 Å². The van der Waals surface area contributed by atoms with E-state index in [1.54, 1.807) is 24.1 Å². The molecule has 21 heavy (non-hydrogen) atoms. The molecule has 0 unspecified atom stereocenters. The molecule has 0 aliphatic rings. The number of hydrogen-bond donors (Lipinski definition) is 1. The maximum atomic E-state index is 11.3. The largest absolute Gasteiger partial charge is 0.392 e. The topological polar surface area (TPSA) is 66.6 Å². The van der Waals surface area contributed by atoms with Crippen LogP contribution in [0.2, 0.25) is 0 Å². The Morgan fingerprint density at radius 3 is 2.29 bits per heavy atom. The first-order valence-corrected chi connectivity index (χ1v) is 6.62. The zero-order valence-electron chi connectivity index (χ0n) is 12.3. The van der Waals surface area contributed by atoms with E-state index in [1.165, 1.54) is 6.07 Å². The van der Waals surface area contributed by atoms with Crippen molar-refractivity contribution in [1.82, 2.24) is 0 Å². The first-order chi connectivity index (χ1) is 9.92. The fourth-order valence-corrected chi connectivity index (χ4v) is 2.38. The van der Waals surface area contributed by atoms with Crippen molar-refractivity contribution in [3.63, 3.8) is 0 Å². The van der Waals surface area contributed by atoms with Gasteiger partial charge >= 0.3 is 0 Å². The normalized spacial score (nSPS) is 10.5. The van der Waals surface area contributed by atoms with Crippen LogP contribution >= 0.6 is 0 Å². The second kappa shape index (κ2) is 5.93. The van der Waals surface area contributed by atoms with Crippen LogP contribution in [0.4, 0.5) is 17.1 Å². The molecule has 2 aromatic rings. The van der Waals surface area contributed by atoms with E-state index < -0.39 is 4.92 Å². The van der Waals surface area contributed by atoms with Crippen LogP contribution in [-0.2, 0) is 6.61 Å². The summed E-state index contributed by atoms with van der Waals surface area (Å²) < 4.78 is 0. The molecule has 2 aromatic carbocycles. The molecule has 0 bridgehead atoms. The molecular formula is C16H18N2O3. The van der Waals surface area contributed by atoms with Gasteiger partial charge in [-0.05, 0) is 48.7 Å². The summed E-state index contributed by atoms with van der Waals surface area (Å²) in [6.45, 7) is 3.77. The molecule has 0 saturated heterocycles. The number of nitro groups is 1. The van der Waals surface area contributed by atoms with E-state index >= 15 is 0 Å². The number of nitro benzene ring substituents is 1. The minimum Gasteiger partial charge on any atom is -0.392 e. The van der Waals surface area contributed by atoms with E-state index in [1.807, 2.05) is 26.0 Å². The van der Waals surface area contributed by atoms with E-state index in [0.29, 0.717) is 11.3 Å². The number of rotatable bonds is 4. The summed E-state index contributed by atoms with van der Waals surface area (Å²) in [5.41, 5.74) is 4.12. The first-order valence-electron chi connectivity index (χ1n) is 6.62. The highest BCUT2D eigenvalue weighted by Crippen LogP contribution is 2.33. The molecule has 0 spiro atoms. The van der Waals surface area contributed by atoms with E-state index in [2.05, 4.69) is 6.07 Å². The summed E-state index contributed by atoms with van der Waals surface area (Å²) >= 11 is 0. The van der Waals surface area contributed by atoms with E-state index in [-0.39, 0.29) is 12.3 Å². The predicted molar refractivity (Wildman–Crippen MR) is 83.0 cm³/mol. The second-order valence-electron chi connectivity index (χ2n) is 5.14. The average molecular weight is 286 g/mol. The monoisotopic (exact) mass is 286 g/mol. The molecule has 0 aliphatic carbocycles. The Bertz CT molecular complexity index is 663. The Labute approximate surface area is 123 Å². The van der Waals surface area contributed by atoms with Crippen LogP contribution in [0.1, 0.15) is 16.7 Å². The van der Waals surface area contributed by atoms with Crippen LogP contribution in [-0.4, -0.2) is 17.1 Å². The minimum atomic E-state index is -0.423. The van der Waals surface area contributed by atoms with Gasteiger partial charge < -0.3 is 10.0 Å². The lowest BCUT2D eigenvalue weighted by atomic mass is 10.1. The molecule has 0 aliphatic heterocycles. The summed E-state index contributed by atoms with van der Waals surface area (Å²) in [7, 11) is 1.80. The van der Waals surface area contributed by atoms with Gasteiger partial charge in [-0.15, -0.1) is 0 Å². The third-order valence-electron chi connectivity index (χ3n) is 3.37. The van der Waals surface area contributed by atoms with Gasteiger partial charge in [0.05, 0.1) is 11.5 Å². The van der Waals surface area contributed by atoms with E-state index in [9.17, 15) is 10.1 Å². The SMILES string of the molecule is Cc1cc(C)cc(N(C)c2ccc(CO)cc2[N+](=O)[O-])c1. The zero-order chi connectivity index (χ0) is 15.6. The minimum absolute atomic E-state index is 0.0109. The maximum Gasteiger partial charge on any atom is 0.293 e. The van der Waals surface area contributed by atoms with Gasteiger partial charge in [0.1, 0.15) is 5.69 Å². The molecule has 0 fully saturated rings. The third-order valence-corrected chi connectivity index (χ3v) is 3.37. The average Bonchev–Trinajstić information content (AvgIpc) is 2.44. The van der Waals surface area contributed by atoms with Crippen molar-refractivity contribution in [3.05, 3.63) is 63.2 Å². The first kappa shape index (κ1) is 15.0. The van der Waals surface area contributed by atoms with Crippen LogP contribution in [0.15, 0.2) is 36.4 Å². The number of hydrogen-bond acceptors (Lipinski definition) is 4. The summed E-state index contributed by atoms with van der Waals surface area (Å²) in [4.78, 5) is 12.6. The molecule has 0 saturated carbocycles. The molecule has 0 aromatic heterocycles. The van der Waals surface area contributed by atoms with Crippen LogP contribution in [0.3, 0.4) is 0 Å². The number of nitrogens with zero attached hydrogens (tertiary/aromatic N) is 2. The molecule has 110 valence electrons. The van der Waals surface area contributed by atoms with Gasteiger partial charge in [-0.3, -0.25) is 10.1 Å². The molecule has 0 amide bonds. The van der Waals surface area contributed by atoms with Gasteiger partial charge in [0.25, 0.3) is 5.69 Å². The standard InChI is InChI=1S/C16H18N2O3/c1-11-6-12(2)8-14(7-11)17(3)15-5-4-13(10-19)9-16(15)18(20)21/h4-9,19H,10H2,1-3H3. The Morgan fingerprint density at radius 2 is 1.76 bits per heavy atom. The van der Waals surface area contributed by atoms with Gasteiger partial charge in [-0.25, -0.2) is 0 Å². The van der Waals surface area contributed by atoms with Crippen molar-refractivity contribution in [1.29, 1.82) is 0 Å². The Hall–Kier alpha value is -2.40. The van der Waals surface area contributed by atoms with Gasteiger partial charge in [0.15, 0.2) is 0 Å². The van der Waals surface area contributed by atoms with Crippen molar-refractivity contribution in [3.8, 4) is 0 Å². The Kier molecular flexibility index (Phi) is 4.23. The summed E-state index contributed by atoms with van der Waals surface area (Å²) in [5, 5.41) is 20.4. The quantitative estimate of drug-likeness (QED) is 0.690. The second-order valence-corrected chi connectivity index (χ2v) is 5.14. The van der Waals surface area contributed by atoms with Crippen molar-refractivity contribution in [2.75, 3.05) is 11.9 Å². The highest BCUT2D eigenvalue weighted by Gasteiger charge is 2.19. The lowest BCUT2D eigenvalue weighted by Crippen LogP contribution is -2.12. The Morgan fingerprint density at radius 1 is 1.14 bits per heavy atom. The molecule has 5 heteroatoms. The fourth-order valence-electron chi connectivity index (χ4n) is 2.38. The molecule has 5 nitrogen and oxygen atoms in total. The maximum absolute atomic E-state index is 11.3. The van der Waals surface area contributed by atoms with Gasteiger partial charge in [0, 0.05) is 18.8 Å². The van der Waals surface area contributed by atoms with Crippen LogP contribution in [0, 0.1) is 24.0 Å². The Balaban J connectivity index is 2.52. The molecule has 1 N–H and O–H groups in total. The number of benzene rings is 2. The summed E-state index contributed by atoms with van der Waals surface area (Å²) in [5.74, 6) is 0. The van der Waals surface area contributed by atoms with Crippen molar-refractivity contribution < 1.29 is 10.0 Å². The van der Waals surface area contributed by atoms with Crippen molar-refractivity contribution >= 4 is 17.1 Å². The van der Waals surface area contributed by atoms with E-state index in [4.69, 9.17) is 5.11 Å². The summed E-state index contributed by atoms with van der Waals surface area (Å²) in [6.07, 6.45) is 0. The van der Waals surface area contributed by atoms with E-state index in [0.717, 1.165) is 16.8 Å². The smallest absolute Gasteiger partial charge is 0.293 e. The molecule has 2 rings (SSSR count). The van der Waals surface area contributed by atoms with Crippen LogP contribution < -0.4 is 4.90 Å². The lowest BCUT2D eigenvalue weighted by Gasteiger charge is -2.20. The van der Waals surface area contributed by atoms with Gasteiger partial charge in [-0.1, -0.05) is 12.1 Å². The van der Waals surface area contributed by atoms with Gasteiger partial charge in [-0.2, -0.15) is 0 Å². The third kappa shape index (κ3) is 3.20. The highest BCUT2D eigenvalue weighted by atomic mass is 16.6. The lowest BCUT2D eigenvalue weighted by molar-refractivity contribution is -0.384. The number of anilines is 2. The zero-order valence-corrected chi connectivity index (χ0v) is 12.3. The highest BCUT2D eigenvalue weighted by molar-refractivity contribution is 5.72. The molecular weight excluding hydrogens is 268 g/mol. The molecule has 0 heterocycles. The number of aliphatic hydroxyl groups is 1. The van der Waals surface area contributed by atoms with Gasteiger partial charge in [0.2, 0.25) is 0 Å². The summed E-state index contributed by atoms with van der Waals surface area (Å²) in [6, 6.07) is 10.8. The predicted octanol–water partition coefficient (Wildman–Crippen LogP) is 3.47. The van der Waals surface area contributed by atoms with Crippen molar-refractivity contribution in [2.24, 2.45) is 0 Å². The number of aliphatic hydroxyl groups excluding tert-OH is 1. The fraction of sp³-hybridized carbons (Fsp3) is 0.250.